The lowest BCUT2D eigenvalue weighted by Crippen LogP contribution is -2.03. The van der Waals surface area contributed by atoms with Gasteiger partial charge >= 0.3 is 0 Å². The molecule has 0 aromatic rings. The molecule has 0 amide bonds. The van der Waals surface area contributed by atoms with Crippen molar-refractivity contribution in [3.8, 4) is 6.07 Å². The van der Waals surface area contributed by atoms with Gasteiger partial charge in [-0.3, -0.25) is 0 Å². The van der Waals surface area contributed by atoms with E-state index in [0.717, 1.165) is 12.3 Å². The number of nitrogens with zero attached hydrogens (tertiary/aromatic N) is 1. The van der Waals surface area contributed by atoms with Crippen LogP contribution in [0.5, 0.6) is 0 Å². The van der Waals surface area contributed by atoms with Gasteiger partial charge in [-0.15, -0.1) is 11.8 Å². The first kappa shape index (κ1) is 9.92. The van der Waals surface area contributed by atoms with Crippen LogP contribution in [0.3, 0.4) is 0 Å². The lowest BCUT2D eigenvalue weighted by molar-refractivity contribution is 0.622. The topological polar surface area (TPSA) is 23.8 Å². The molecular formula is C10H17NS. The molecule has 1 fully saturated rings. The molecule has 1 aliphatic rings. The average Bonchev–Trinajstić information content (AvgIpc) is 2.59. The molecule has 2 heteroatoms. The van der Waals surface area contributed by atoms with Crippen LogP contribution in [0.1, 0.15) is 39.0 Å². The van der Waals surface area contributed by atoms with Crippen molar-refractivity contribution in [3.05, 3.63) is 0 Å². The van der Waals surface area contributed by atoms with E-state index in [1.54, 1.807) is 0 Å². The molecule has 0 heterocycles. The number of thioether (sulfide) groups is 1. The summed E-state index contributed by atoms with van der Waals surface area (Å²) in [7, 11) is 0. The summed E-state index contributed by atoms with van der Waals surface area (Å²) in [6.45, 7) is 2.09. The van der Waals surface area contributed by atoms with Gasteiger partial charge in [0.25, 0.3) is 0 Å². The molecule has 1 unspecified atom stereocenters. The van der Waals surface area contributed by atoms with Crippen LogP contribution in [0.15, 0.2) is 0 Å². The zero-order valence-electron chi connectivity index (χ0n) is 7.75. The molecule has 0 aliphatic heterocycles. The van der Waals surface area contributed by atoms with Crippen LogP contribution in [-0.4, -0.2) is 11.0 Å². The van der Waals surface area contributed by atoms with Gasteiger partial charge in [-0.05, 0) is 30.9 Å². The Labute approximate surface area is 79.5 Å². The van der Waals surface area contributed by atoms with E-state index in [-0.39, 0.29) is 5.25 Å². The van der Waals surface area contributed by atoms with Crippen molar-refractivity contribution in [2.45, 2.75) is 44.3 Å². The molecule has 1 atom stereocenters. The Hall–Kier alpha value is -0.160. The molecule has 1 rings (SSSR count). The minimum Gasteiger partial charge on any atom is -0.197 e. The molecule has 1 aliphatic carbocycles. The summed E-state index contributed by atoms with van der Waals surface area (Å²) in [6.07, 6.45) is 6.61. The van der Waals surface area contributed by atoms with E-state index in [1.807, 2.05) is 11.8 Å². The summed E-state index contributed by atoms with van der Waals surface area (Å²) in [5.74, 6) is 2.13. The minimum atomic E-state index is 0.241. The Bertz CT molecular complexity index is 156. The highest BCUT2D eigenvalue weighted by molar-refractivity contribution is 8.00. The van der Waals surface area contributed by atoms with Crippen molar-refractivity contribution in [2.24, 2.45) is 5.92 Å². The fourth-order valence-corrected chi connectivity index (χ4v) is 2.82. The fourth-order valence-electron chi connectivity index (χ4n) is 1.68. The molecule has 1 saturated carbocycles. The normalized spacial score (nSPS) is 20.7. The zero-order chi connectivity index (χ0) is 8.81. The predicted molar refractivity (Wildman–Crippen MR) is 54.1 cm³/mol. The van der Waals surface area contributed by atoms with Crippen molar-refractivity contribution in [1.82, 2.24) is 0 Å². The molecule has 0 aromatic heterocycles. The molecule has 1 nitrogen and oxygen atoms in total. The maximum absolute atomic E-state index is 8.73. The maximum Gasteiger partial charge on any atom is 0.0914 e. The van der Waals surface area contributed by atoms with Crippen LogP contribution in [0.25, 0.3) is 0 Å². The monoisotopic (exact) mass is 183 g/mol. The molecule has 68 valence electrons. The van der Waals surface area contributed by atoms with E-state index in [1.165, 1.54) is 31.4 Å². The highest BCUT2D eigenvalue weighted by atomic mass is 32.2. The Morgan fingerprint density at radius 2 is 2.17 bits per heavy atom. The van der Waals surface area contributed by atoms with Gasteiger partial charge in [0.2, 0.25) is 0 Å². The van der Waals surface area contributed by atoms with Crippen molar-refractivity contribution in [3.63, 3.8) is 0 Å². The summed E-state index contributed by atoms with van der Waals surface area (Å²) in [4.78, 5) is 0. The Balaban J connectivity index is 2.11. The molecule has 0 aromatic carbocycles. The third-order valence-corrected chi connectivity index (χ3v) is 4.03. The third kappa shape index (κ3) is 3.06. The van der Waals surface area contributed by atoms with E-state index in [4.69, 9.17) is 5.26 Å². The standard InChI is InChI=1S/C10H17NS/c1-2-10(7-11)12-8-9-5-3-4-6-9/h9-10H,2-6,8H2,1H3. The molecule has 0 bridgehead atoms. The van der Waals surface area contributed by atoms with Gasteiger partial charge in [0, 0.05) is 0 Å². The predicted octanol–water partition coefficient (Wildman–Crippen LogP) is 3.21. The quantitative estimate of drug-likeness (QED) is 0.668. The van der Waals surface area contributed by atoms with Gasteiger partial charge in [0.1, 0.15) is 0 Å². The second kappa shape index (κ2) is 5.48. The molecular weight excluding hydrogens is 166 g/mol. The number of rotatable bonds is 4. The number of nitriles is 1. The van der Waals surface area contributed by atoms with Crippen LogP contribution in [-0.2, 0) is 0 Å². The van der Waals surface area contributed by atoms with Crippen molar-refractivity contribution >= 4 is 11.8 Å². The Morgan fingerprint density at radius 3 is 2.67 bits per heavy atom. The van der Waals surface area contributed by atoms with E-state index in [0.29, 0.717) is 0 Å². The van der Waals surface area contributed by atoms with Gasteiger partial charge in [-0.2, -0.15) is 5.26 Å². The molecule has 0 radical (unpaired) electrons. The van der Waals surface area contributed by atoms with Crippen molar-refractivity contribution in [1.29, 1.82) is 5.26 Å². The lowest BCUT2D eigenvalue weighted by Gasteiger charge is -2.10. The second-order valence-electron chi connectivity index (χ2n) is 3.51. The number of hydrogen-bond donors (Lipinski definition) is 0. The van der Waals surface area contributed by atoms with Gasteiger partial charge < -0.3 is 0 Å². The van der Waals surface area contributed by atoms with E-state index in [9.17, 15) is 0 Å². The van der Waals surface area contributed by atoms with Crippen LogP contribution >= 0.6 is 11.8 Å². The third-order valence-electron chi connectivity index (χ3n) is 2.52. The summed E-state index contributed by atoms with van der Waals surface area (Å²) < 4.78 is 0. The van der Waals surface area contributed by atoms with Crippen LogP contribution < -0.4 is 0 Å². The zero-order valence-corrected chi connectivity index (χ0v) is 8.57. The van der Waals surface area contributed by atoms with Crippen molar-refractivity contribution in [2.75, 3.05) is 5.75 Å². The van der Waals surface area contributed by atoms with Gasteiger partial charge in [-0.25, -0.2) is 0 Å². The largest absolute Gasteiger partial charge is 0.197 e. The molecule has 0 saturated heterocycles. The summed E-state index contributed by atoms with van der Waals surface area (Å²) in [5.41, 5.74) is 0. The highest BCUT2D eigenvalue weighted by Gasteiger charge is 2.16. The fraction of sp³-hybridized carbons (Fsp3) is 0.900. The lowest BCUT2D eigenvalue weighted by atomic mass is 10.1. The minimum absolute atomic E-state index is 0.241. The van der Waals surface area contributed by atoms with E-state index < -0.39 is 0 Å². The maximum atomic E-state index is 8.73. The Morgan fingerprint density at radius 1 is 1.50 bits per heavy atom. The van der Waals surface area contributed by atoms with Crippen LogP contribution in [0.4, 0.5) is 0 Å². The summed E-state index contributed by atoms with van der Waals surface area (Å²) >= 11 is 1.86. The summed E-state index contributed by atoms with van der Waals surface area (Å²) in [6, 6.07) is 2.34. The van der Waals surface area contributed by atoms with E-state index >= 15 is 0 Å². The molecule has 12 heavy (non-hydrogen) atoms. The van der Waals surface area contributed by atoms with Crippen LogP contribution in [0, 0.1) is 17.2 Å². The molecule has 0 N–H and O–H groups in total. The molecule has 0 spiro atoms. The van der Waals surface area contributed by atoms with Crippen molar-refractivity contribution < 1.29 is 0 Å². The SMILES string of the molecule is CCC(C#N)SCC1CCCC1. The average molecular weight is 183 g/mol. The van der Waals surface area contributed by atoms with Gasteiger partial charge in [0.15, 0.2) is 0 Å². The van der Waals surface area contributed by atoms with E-state index in [2.05, 4.69) is 13.0 Å². The van der Waals surface area contributed by atoms with Gasteiger partial charge in [0.05, 0.1) is 11.3 Å². The first-order valence-electron chi connectivity index (χ1n) is 4.88. The smallest absolute Gasteiger partial charge is 0.0914 e. The second-order valence-corrected chi connectivity index (χ2v) is 4.75. The van der Waals surface area contributed by atoms with Gasteiger partial charge in [-0.1, -0.05) is 19.8 Å². The number of hydrogen-bond acceptors (Lipinski definition) is 2. The highest BCUT2D eigenvalue weighted by Crippen LogP contribution is 2.29. The first-order valence-corrected chi connectivity index (χ1v) is 5.93. The van der Waals surface area contributed by atoms with Crippen LogP contribution in [0.2, 0.25) is 0 Å². The first-order chi connectivity index (χ1) is 5.86. The summed E-state index contributed by atoms with van der Waals surface area (Å²) in [5, 5.41) is 8.97. The Kier molecular flexibility index (Phi) is 4.53.